The van der Waals surface area contributed by atoms with Gasteiger partial charge in [-0.15, -0.1) is 0 Å². The number of hydrogen-bond acceptors (Lipinski definition) is 6. The van der Waals surface area contributed by atoms with Crippen LogP contribution in [0.4, 0.5) is 0 Å². The summed E-state index contributed by atoms with van der Waals surface area (Å²) in [6.45, 7) is 1.39. The molecule has 4 rings (SSSR count). The van der Waals surface area contributed by atoms with E-state index in [-0.39, 0.29) is 36.0 Å². The van der Waals surface area contributed by atoms with E-state index >= 15 is 0 Å². The van der Waals surface area contributed by atoms with Crippen LogP contribution in [0.15, 0.2) is 27.9 Å². The number of fused-ring (bicyclic) bond motifs is 1. The summed E-state index contributed by atoms with van der Waals surface area (Å²) in [6, 6.07) is 4.68. The van der Waals surface area contributed by atoms with E-state index in [9.17, 15) is 13.2 Å². The summed E-state index contributed by atoms with van der Waals surface area (Å²) in [5, 5.41) is 4.44. The van der Waals surface area contributed by atoms with Crippen molar-refractivity contribution in [2.45, 2.75) is 37.2 Å². The van der Waals surface area contributed by atoms with E-state index in [4.69, 9.17) is 9.47 Å². The third-order valence-corrected chi connectivity index (χ3v) is 7.19. The zero-order valence-electron chi connectivity index (χ0n) is 16.0. The van der Waals surface area contributed by atoms with Crippen LogP contribution in [0.3, 0.4) is 0 Å². The van der Waals surface area contributed by atoms with Gasteiger partial charge in [0.05, 0.1) is 14.2 Å². The standard InChI is InChI=1S/C18H24N4O5S/c1-26-14-5-6-15(27-2)16(11-14)28(24,25)20-8-7-17-19-22(12-13-3-4-13)18(23)21(17)10-9-20/h5-6,11,13H,3-4,7-10,12H2,1-2H3. The second-order valence-electron chi connectivity index (χ2n) is 7.15. The second kappa shape index (κ2) is 7.25. The Morgan fingerprint density at radius 2 is 1.93 bits per heavy atom. The molecule has 1 aromatic carbocycles. The molecule has 0 spiro atoms. The highest BCUT2D eigenvalue weighted by atomic mass is 32.2. The van der Waals surface area contributed by atoms with Crippen molar-refractivity contribution in [1.82, 2.24) is 18.7 Å². The lowest BCUT2D eigenvalue weighted by atomic mass is 10.3. The maximum atomic E-state index is 13.2. The topological polar surface area (TPSA) is 95.7 Å². The van der Waals surface area contributed by atoms with Crippen LogP contribution in [-0.2, 0) is 29.5 Å². The zero-order chi connectivity index (χ0) is 19.9. The van der Waals surface area contributed by atoms with Crippen LogP contribution in [0.5, 0.6) is 11.5 Å². The normalized spacial score (nSPS) is 17.8. The Bertz CT molecular complexity index is 1040. The number of hydrogen-bond donors (Lipinski definition) is 0. The van der Waals surface area contributed by atoms with E-state index in [0.717, 1.165) is 12.8 Å². The Labute approximate surface area is 163 Å². The van der Waals surface area contributed by atoms with Crippen LogP contribution in [0, 0.1) is 5.92 Å². The van der Waals surface area contributed by atoms with Gasteiger partial charge in [0.1, 0.15) is 22.2 Å². The number of benzene rings is 1. The number of methoxy groups -OCH3 is 2. The molecule has 1 aromatic heterocycles. The lowest BCUT2D eigenvalue weighted by Gasteiger charge is -2.21. The van der Waals surface area contributed by atoms with E-state index in [2.05, 4.69) is 5.10 Å². The van der Waals surface area contributed by atoms with Gasteiger partial charge in [-0.05, 0) is 30.9 Å². The molecule has 28 heavy (non-hydrogen) atoms. The molecule has 1 aliphatic carbocycles. The van der Waals surface area contributed by atoms with Crippen molar-refractivity contribution in [3.8, 4) is 11.5 Å². The fourth-order valence-corrected chi connectivity index (χ4v) is 5.07. The third kappa shape index (κ3) is 3.42. The van der Waals surface area contributed by atoms with Gasteiger partial charge in [0.2, 0.25) is 10.0 Å². The minimum atomic E-state index is -3.81. The molecule has 152 valence electrons. The van der Waals surface area contributed by atoms with Gasteiger partial charge in [-0.2, -0.15) is 9.40 Å². The van der Waals surface area contributed by atoms with Crippen LogP contribution in [-0.4, -0.2) is 54.4 Å². The van der Waals surface area contributed by atoms with Crippen LogP contribution in [0.25, 0.3) is 0 Å². The number of ether oxygens (including phenoxy) is 2. The third-order valence-electron chi connectivity index (χ3n) is 5.27. The van der Waals surface area contributed by atoms with Crippen LogP contribution in [0.1, 0.15) is 18.7 Å². The van der Waals surface area contributed by atoms with Gasteiger partial charge >= 0.3 is 5.69 Å². The molecule has 10 heteroatoms. The molecular weight excluding hydrogens is 384 g/mol. The van der Waals surface area contributed by atoms with Crippen LogP contribution >= 0.6 is 0 Å². The first-order valence-corrected chi connectivity index (χ1v) is 10.8. The van der Waals surface area contributed by atoms with Gasteiger partial charge in [0.15, 0.2) is 0 Å². The Kier molecular flexibility index (Phi) is 4.92. The zero-order valence-corrected chi connectivity index (χ0v) is 16.8. The smallest absolute Gasteiger partial charge is 0.345 e. The van der Waals surface area contributed by atoms with Crippen molar-refractivity contribution in [3.63, 3.8) is 0 Å². The van der Waals surface area contributed by atoms with Crippen LogP contribution in [0.2, 0.25) is 0 Å². The van der Waals surface area contributed by atoms with Gasteiger partial charge in [-0.1, -0.05) is 0 Å². The first-order valence-electron chi connectivity index (χ1n) is 9.32. The fraction of sp³-hybridized carbons (Fsp3) is 0.556. The van der Waals surface area contributed by atoms with E-state index in [1.54, 1.807) is 16.7 Å². The van der Waals surface area contributed by atoms with Gasteiger partial charge in [-0.25, -0.2) is 17.9 Å². The lowest BCUT2D eigenvalue weighted by Crippen LogP contribution is -2.35. The molecule has 0 saturated heterocycles. The van der Waals surface area contributed by atoms with Gasteiger partial charge < -0.3 is 9.47 Å². The second-order valence-corrected chi connectivity index (χ2v) is 9.05. The fourth-order valence-electron chi connectivity index (χ4n) is 3.47. The van der Waals surface area contributed by atoms with Crippen molar-refractivity contribution >= 4 is 10.0 Å². The summed E-state index contributed by atoms with van der Waals surface area (Å²) in [7, 11) is -0.896. The summed E-state index contributed by atoms with van der Waals surface area (Å²) < 4.78 is 41.4. The monoisotopic (exact) mass is 408 g/mol. The average molecular weight is 408 g/mol. The predicted octanol–water partition coefficient (Wildman–Crippen LogP) is 0.719. The highest BCUT2D eigenvalue weighted by Gasteiger charge is 2.32. The largest absolute Gasteiger partial charge is 0.497 e. The number of nitrogens with zero attached hydrogens (tertiary/aromatic N) is 4. The highest BCUT2D eigenvalue weighted by Crippen LogP contribution is 2.31. The molecule has 2 aliphatic rings. The van der Waals surface area contributed by atoms with E-state index < -0.39 is 10.0 Å². The highest BCUT2D eigenvalue weighted by molar-refractivity contribution is 7.89. The summed E-state index contributed by atoms with van der Waals surface area (Å²) in [5.41, 5.74) is -0.153. The summed E-state index contributed by atoms with van der Waals surface area (Å²) >= 11 is 0. The molecule has 9 nitrogen and oxygen atoms in total. The van der Waals surface area contributed by atoms with Crippen LogP contribution < -0.4 is 15.2 Å². The molecule has 2 heterocycles. The summed E-state index contributed by atoms with van der Waals surface area (Å²) in [4.78, 5) is 12.7. The average Bonchev–Trinajstić information content (AvgIpc) is 3.49. The molecule has 0 radical (unpaired) electrons. The molecule has 2 aromatic rings. The summed E-state index contributed by atoms with van der Waals surface area (Å²) in [6.07, 6.45) is 2.67. The van der Waals surface area contributed by atoms with Crippen molar-refractivity contribution in [3.05, 3.63) is 34.5 Å². The van der Waals surface area contributed by atoms with Crippen molar-refractivity contribution in [1.29, 1.82) is 0 Å². The molecule has 0 atom stereocenters. The SMILES string of the molecule is COc1ccc(OC)c(S(=O)(=O)N2CCc3nn(CC4CC4)c(=O)n3CC2)c1. The Morgan fingerprint density at radius 1 is 1.14 bits per heavy atom. The first kappa shape index (κ1) is 19.0. The van der Waals surface area contributed by atoms with Crippen molar-refractivity contribution < 1.29 is 17.9 Å². The Balaban J connectivity index is 1.60. The van der Waals surface area contributed by atoms with Gasteiger partial charge in [-0.3, -0.25) is 4.57 Å². The molecule has 1 fully saturated rings. The molecule has 0 bridgehead atoms. The molecular formula is C18H24N4O5S. The maximum absolute atomic E-state index is 13.2. The molecule has 1 aliphatic heterocycles. The molecule has 1 saturated carbocycles. The van der Waals surface area contributed by atoms with E-state index in [1.165, 1.54) is 29.3 Å². The number of rotatable bonds is 6. The minimum Gasteiger partial charge on any atom is -0.497 e. The molecule has 0 unspecified atom stereocenters. The lowest BCUT2D eigenvalue weighted by molar-refractivity contribution is 0.381. The van der Waals surface area contributed by atoms with Gasteiger partial charge in [0.25, 0.3) is 0 Å². The first-order chi connectivity index (χ1) is 13.4. The minimum absolute atomic E-state index is 0.0556. The Hall–Kier alpha value is -2.33. The van der Waals surface area contributed by atoms with Crippen molar-refractivity contribution in [2.24, 2.45) is 5.92 Å². The van der Waals surface area contributed by atoms with Crippen molar-refractivity contribution in [2.75, 3.05) is 27.3 Å². The van der Waals surface area contributed by atoms with Gasteiger partial charge in [0, 0.05) is 38.7 Å². The predicted molar refractivity (Wildman–Crippen MR) is 101 cm³/mol. The maximum Gasteiger partial charge on any atom is 0.345 e. The van der Waals surface area contributed by atoms with E-state index in [0.29, 0.717) is 30.5 Å². The van der Waals surface area contributed by atoms with E-state index in [1.807, 2.05) is 0 Å². The Morgan fingerprint density at radius 3 is 2.61 bits per heavy atom. The number of sulfonamides is 1. The quantitative estimate of drug-likeness (QED) is 0.699. The summed E-state index contributed by atoms with van der Waals surface area (Å²) in [5.74, 6) is 1.88. The molecule has 0 N–H and O–H groups in total. The number of aromatic nitrogens is 3. The molecule has 0 amide bonds.